The van der Waals surface area contributed by atoms with E-state index in [1.165, 1.54) is 0 Å². The third-order valence-corrected chi connectivity index (χ3v) is 3.57. The lowest BCUT2D eigenvalue weighted by Crippen LogP contribution is -2.40. The van der Waals surface area contributed by atoms with Crippen molar-refractivity contribution in [1.82, 2.24) is 9.97 Å². The number of halogens is 1. The molecule has 2 atom stereocenters. The van der Waals surface area contributed by atoms with Crippen molar-refractivity contribution in [2.45, 2.75) is 18.7 Å². The Bertz CT molecular complexity index is 361. The summed E-state index contributed by atoms with van der Waals surface area (Å²) in [7, 11) is 1.59. The molecule has 1 aliphatic rings. The summed E-state index contributed by atoms with van der Waals surface area (Å²) in [6, 6.07) is 0. The van der Waals surface area contributed by atoms with Gasteiger partial charge in [-0.25, -0.2) is 0 Å². The van der Waals surface area contributed by atoms with Gasteiger partial charge in [0.2, 0.25) is 5.88 Å². The minimum atomic E-state index is 0.182. The summed E-state index contributed by atoms with van der Waals surface area (Å²) in [5.41, 5.74) is 0. The number of hydrogen-bond donors (Lipinski definition) is 0. The lowest BCUT2D eigenvalue weighted by Gasteiger charge is -2.34. The highest BCUT2D eigenvalue weighted by molar-refractivity contribution is 6.21. The van der Waals surface area contributed by atoms with Crippen LogP contribution in [0.15, 0.2) is 12.4 Å². The molecule has 2 heterocycles. The van der Waals surface area contributed by atoms with Crippen LogP contribution >= 0.6 is 11.6 Å². The zero-order valence-corrected chi connectivity index (χ0v) is 10.3. The highest BCUT2D eigenvalue weighted by atomic mass is 35.5. The largest absolute Gasteiger partial charge is 0.480 e. The summed E-state index contributed by atoms with van der Waals surface area (Å²) in [5.74, 6) is 1.95. The van der Waals surface area contributed by atoms with E-state index in [2.05, 4.69) is 21.8 Å². The number of alkyl halides is 1. The predicted molar refractivity (Wildman–Crippen MR) is 64.2 cm³/mol. The minimum Gasteiger partial charge on any atom is -0.480 e. The maximum absolute atomic E-state index is 6.26. The third kappa shape index (κ3) is 2.38. The maximum Gasteiger partial charge on any atom is 0.233 e. The van der Waals surface area contributed by atoms with Crippen molar-refractivity contribution in [3.63, 3.8) is 0 Å². The molecule has 88 valence electrons. The summed E-state index contributed by atoms with van der Waals surface area (Å²) in [4.78, 5) is 10.6. The van der Waals surface area contributed by atoms with Gasteiger partial charge in [-0.3, -0.25) is 4.98 Å². The molecule has 1 aromatic rings. The molecule has 0 radical (unpaired) electrons. The van der Waals surface area contributed by atoms with Crippen LogP contribution in [0.2, 0.25) is 0 Å². The van der Waals surface area contributed by atoms with Gasteiger partial charge in [-0.05, 0) is 12.3 Å². The van der Waals surface area contributed by atoms with Crippen molar-refractivity contribution in [2.75, 3.05) is 25.1 Å². The van der Waals surface area contributed by atoms with Gasteiger partial charge in [0.1, 0.15) is 0 Å². The van der Waals surface area contributed by atoms with E-state index in [4.69, 9.17) is 16.3 Å². The lowest BCUT2D eigenvalue weighted by atomic mass is 9.99. The Kier molecular flexibility index (Phi) is 3.49. The molecule has 1 saturated heterocycles. The Hall–Kier alpha value is -1.03. The second-order valence-corrected chi connectivity index (χ2v) is 4.71. The average Bonchev–Trinajstić information content (AvgIpc) is 2.33. The summed E-state index contributed by atoms with van der Waals surface area (Å²) >= 11 is 6.26. The monoisotopic (exact) mass is 241 g/mol. The van der Waals surface area contributed by atoms with Crippen LogP contribution in [0.5, 0.6) is 5.88 Å². The summed E-state index contributed by atoms with van der Waals surface area (Å²) < 4.78 is 5.06. The molecular formula is C11H16ClN3O. The van der Waals surface area contributed by atoms with Crippen molar-refractivity contribution in [3.05, 3.63) is 12.4 Å². The summed E-state index contributed by atoms with van der Waals surface area (Å²) in [6.07, 6.45) is 4.45. The molecule has 0 aliphatic carbocycles. The van der Waals surface area contributed by atoms with E-state index in [-0.39, 0.29) is 5.38 Å². The average molecular weight is 242 g/mol. The van der Waals surface area contributed by atoms with Crippen molar-refractivity contribution >= 4 is 17.4 Å². The Balaban J connectivity index is 2.12. The summed E-state index contributed by atoms with van der Waals surface area (Å²) in [6.45, 7) is 3.99. The first-order valence-corrected chi connectivity index (χ1v) is 5.89. The molecule has 0 saturated carbocycles. The van der Waals surface area contributed by atoms with Crippen LogP contribution in [0.1, 0.15) is 13.3 Å². The molecule has 0 aromatic carbocycles. The second-order valence-electron chi connectivity index (χ2n) is 4.15. The first-order chi connectivity index (χ1) is 7.70. The number of aromatic nitrogens is 2. The molecule has 1 aromatic heterocycles. The van der Waals surface area contributed by atoms with Gasteiger partial charge in [0.25, 0.3) is 0 Å². The lowest BCUT2D eigenvalue weighted by molar-refractivity contribution is 0.393. The molecule has 5 heteroatoms. The van der Waals surface area contributed by atoms with Crippen LogP contribution in [-0.2, 0) is 0 Å². The smallest absolute Gasteiger partial charge is 0.233 e. The fourth-order valence-electron chi connectivity index (χ4n) is 1.82. The van der Waals surface area contributed by atoms with Gasteiger partial charge >= 0.3 is 0 Å². The molecule has 0 bridgehead atoms. The van der Waals surface area contributed by atoms with Gasteiger partial charge in [0.05, 0.1) is 24.9 Å². The van der Waals surface area contributed by atoms with Crippen molar-refractivity contribution in [3.8, 4) is 5.88 Å². The van der Waals surface area contributed by atoms with Gasteiger partial charge in [-0.2, -0.15) is 4.98 Å². The molecule has 0 N–H and O–H groups in total. The van der Waals surface area contributed by atoms with Crippen molar-refractivity contribution in [2.24, 2.45) is 5.92 Å². The molecule has 0 spiro atoms. The normalized spacial score (nSPS) is 25.6. The molecule has 16 heavy (non-hydrogen) atoms. The Morgan fingerprint density at radius 2 is 2.31 bits per heavy atom. The number of nitrogens with zero attached hydrogens (tertiary/aromatic N) is 3. The van der Waals surface area contributed by atoms with E-state index in [0.717, 1.165) is 25.3 Å². The summed E-state index contributed by atoms with van der Waals surface area (Å²) in [5, 5.41) is 0.182. The van der Waals surface area contributed by atoms with Crippen LogP contribution in [-0.4, -0.2) is 35.5 Å². The number of rotatable bonds is 2. The zero-order chi connectivity index (χ0) is 11.5. The Labute approximate surface area is 101 Å². The number of ether oxygens (including phenoxy) is 1. The predicted octanol–water partition coefficient (Wildman–Crippen LogP) is 1.94. The SMILES string of the molecule is COc1cncc(N2CCC(C)C(Cl)C2)n1. The van der Waals surface area contributed by atoms with Crippen LogP contribution in [0.3, 0.4) is 0 Å². The third-order valence-electron chi connectivity index (χ3n) is 3.00. The number of methoxy groups -OCH3 is 1. The molecule has 0 amide bonds. The van der Waals surface area contributed by atoms with E-state index in [0.29, 0.717) is 11.8 Å². The van der Waals surface area contributed by atoms with E-state index in [1.807, 2.05) is 0 Å². The van der Waals surface area contributed by atoms with Crippen LogP contribution in [0, 0.1) is 5.92 Å². The highest BCUT2D eigenvalue weighted by Gasteiger charge is 2.25. The maximum atomic E-state index is 6.26. The molecule has 1 fully saturated rings. The molecule has 2 unspecified atom stereocenters. The Morgan fingerprint density at radius 3 is 3.00 bits per heavy atom. The zero-order valence-electron chi connectivity index (χ0n) is 9.56. The van der Waals surface area contributed by atoms with Gasteiger partial charge in [-0.15, -0.1) is 11.6 Å². The molecular weight excluding hydrogens is 226 g/mol. The van der Waals surface area contributed by atoms with Gasteiger partial charge < -0.3 is 9.64 Å². The van der Waals surface area contributed by atoms with Gasteiger partial charge in [0, 0.05) is 13.1 Å². The fourth-order valence-corrected chi connectivity index (χ4v) is 2.11. The van der Waals surface area contributed by atoms with E-state index in [9.17, 15) is 0 Å². The van der Waals surface area contributed by atoms with Gasteiger partial charge in [0.15, 0.2) is 5.82 Å². The standard InChI is InChI=1S/C11H16ClN3O/c1-8-3-4-15(7-9(8)12)10-5-13-6-11(14-10)16-2/h5-6,8-9H,3-4,7H2,1-2H3. The minimum absolute atomic E-state index is 0.182. The van der Waals surface area contributed by atoms with E-state index in [1.54, 1.807) is 19.5 Å². The first-order valence-electron chi connectivity index (χ1n) is 5.45. The van der Waals surface area contributed by atoms with Crippen LogP contribution < -0.4 is 9.64 Å². The van der Waals surface area contributed by atoms with Crippen LogP contribution in [0.4, 0.5) is 5.82 Å². The van der Waals surface area contributed by atoms with E-state index < -0.39 is 0 Å². The van der Waals surface area contributed by atoms with E-state index >= 15 is 0 Å². The van der Waals surface area contributed by atoms with Crippen LogP contribution in [0.25, 0.3) is 0 Å². The topological polar surface area (TPSA) is 38.2 Å². The number of piperidine rings is 1. The quantitative estimate of drug-likeness (QED) is 0.742. The molecule has 2 rings (SSSR count). The highest BCUT2D eigenvalue weighted by Crippen LogP contribution is 2.25. The molecule has 4 nitrogen and oxygen atoms in total. The Morgan fingerprint density at radius 1 is 1.50 bits per heavy atom. The number of hydrogen-bond acceptors (Lipinski definition) is 4. The van der Waals surface area contributed by atoms with Crippen molar-refractivity contribution in [1.29, 1.82) is 0 Å². The molecule has 1 aliphatic heterocycles. The first kappa shape index (κ1) is 11.5. The fraction of sp³-hybridized carbons (Fsp3) is 0.636. The van der Waals surface area contributed by atoms with Gasteiger partial charge in [-0.1, -0.05) is 6.92 Å². The number of anilines is 1. The van der Waals surface area contributed by atoms with Crippen molar-refractivity contribution < 1.29 is 4.74 Å². The second kappa shape index (κ2) is 4.87.